The number of para-hydroxylation sites is 1. The lowest BCUT2D eigenvalue weighted by molar-refractivity contribution is 0.599. The maximum Gasteiger partial charge on any atom is 0.262 e. The number of hydrogen-bond donors (Lipinski definition) is 2. The quantitative estimate of drug-likeness (QED) is 0.757. The molecule has 1 heterocycles. The van der Waals surface area contributed by atoms with E-state index >= 15 is 0 Å². The highest BCUT2D eigenvalue weighted by molar-refractivity contribution is 7.92. The Balaban J connectivity index is 2.18. The summed E-state index contributed by atoms with van der Waals surface area (Å²) in [5.74, 6) is 0. The normalized spacial score (nSPS) is 11.9. The first kappa shape index (κ1) is 16.5. The van der Waals surface area contributed by atoms with Crippen molar-refractivity contribution in [3.8, 4) is 0 Å². The smallest absolute Gasteiger partial charge is 0.262 e. The summed E-state index contributed by atoms with van der Waals surface area (Å²) in [7, 11) is -3.70. The molecule has 0 aliphatic heterocycles. The first-order chi connectivity index (χ1) is 11.2. The van der Waals surface area contributed by atoms with Gasteiger partial charge in [0.05, 0.1) is 22.3 Å². The van der Waals surface area contributed by atoms with Crippen LogP contribution in [0.1, 0.15) is 27.8 Å². The van der Waals surface area contributed by atoms with Crippen LogP contribution < -0.4 is 4.72 Å². The second-order valence-corrected chi connectivity index (χ2v) is 7.82. The number of fused-ring (bicyclic) bond motifs is 1. The molecule has 0 bridgehead atoms. The van der Waals surface area contributed by atoms with Crippen LogP contribution in [0.3, 0.4) is 0 Å². The third kappa shape index (κ3) is 2.47. The number of rotatable bonds is 3. The van der Waals surface area contributed by atoms with Crippen molar-refractivity contribution in [3.05, 3.63) is 52.2 Å². The van der Waals surface area contributed by atoms with Gasteiger partial charge in [-0.2, -0.15) is 5.10 Å². The molecule has 2 aromatic carbocycles. The highest BCUT2D eigenvalue weighted by atomic mass is 32.2. The summed E-state index contributed by atoms with van der Waals surface area (Å²) in [6.07, 6.45) is 1.67. The van der Waals surface area contributed by atoms with E-state index in [4.69, 9.17) is 0 Å². The van der Waals surface area contributed by atoms with Crippen molar-refractivity contribution in [2.75, 3.05) is 4.72 Å². The molecule has 0 atom stereocenters. The molecule has 0 amide bonds. The molecule has 0 fully saturated rings. The fourth-order valence-corrected chi connectivity index (χ4v) is 4.79. The first-order valence-electron chi connectivity index (χ1n) is 7.76. The van der Waals surface area contributed by atoms with Crippen molar-refractivity contribution in [3.63, 3.8) is 0 Å². The van der Waals surface area contributed by atoms with Crippen molar-refractivity contribution in [2.24, 2.45) is 0 Å². The number of H-pyrrole nitrogens is 1. The van der Waals surface area contributed by atoms with Crippen molar-refractivity contribution in [1.29, 1.82) is 0 Å². The Labute approximate surface area is 142 Å². The average molecular weight is 343 g/mol. The van der Waals surface area contributed by atoms with Crippen LogP contribution in [0, 0.1) is 34.6 Å². The zero-order chi connectivity index (χ0) is 17.6. The third-order valence-electron chi connectivity index (χ3n) is 4.92. The fourth-order valence-electron chi connectivity index (χ4n) is 3.12. The summed E-state index contributed by atoms with van der Waals surface area (Å²) in [4.78, 5) is 0.361. The molecular weight excluding hydrogens is 322 g/mol. The van der Waals surface area contributed by atoms with E-state index in [1.807, 2.05) is 40.7 Å². The Hall–Kier alpha value is -2.34. The number of aromatic nitrogens is 2. The minimum Gasteiger partial charge on any atom is -0.277 e. The van der Waals surface area contributed by atoms with Gasteiger partial charge in [0.15, 0.2) is 0 Å². The molecule has 0 spiro atoms. The summed E-state index contributed by atoms with van der Waals surface area (Å²) in [6, 6.07) is 5.42. The number of sulfonamides is 1. The summed E-state index contributed by atoms with van der Waals surface area (Å²) < 4.78 is 28.9. The zero-order valence-corrected chi connectivity index (χ0v) is 15.3. The molecule has 0 unspecified atom stereocenters. The molecule has 0 saturated heterocycles. The number of benzene rings is 2. The van der Waals surface area contributed by atoms with Crippen molar-refractivity contribution < 1.29 is 8.42 Å². The first-order valence-corrected chi connectivity index (χ1v) is 9.24. The lowest BCUT2D eigenvalue weighted by atomic mass is 9.95. The molecular formula is C18H21N3O2S. The molecule has 1 aromatic heterocycles. The third-order valence-corrected chi connectivity index (χ3v) is 6.56. The predicted molar refractivity (Wildman–Crippen MR) is 97.0 cm³/mol. The lowest BCUT2D eigenvalue weighted by Crippen LogP contribution is -2.18. The van der Waals surface area contributed by atoms with Crippen molar-refractivity contribution in [2.45, 2.75) is 39.5 Å². The van der Waals surface area contributed by atoms with E-state index in [1.54, 1.807) is 18.3 Å². The van der Waals surface area contributed by atoms with Gasteiger partial charge >= 0.3 is 0 Å². The highest BCUT2D eigenvalue weighted by Gasteiger charge is 2.24. The fraction of sp³-hybridized carbons (Fsp3) is 0.278. The molecule has 24 heavy (non-hydrogen) atoms. The topological polar surface area (TPSA) is 74.8 Å². The molecule has 0 aliphatic rings. The molecule has 126 valence electrons. The number of nitrogens with one attached hydrogen (secondary N) is 2. The maximum absolute atomic E-state index is 13.1. The van der Waals surface area contributed by atoms with Gasteiger partial charge in [0.2, 0.25) is 0 Å². The van der Waals surface area contributed by atoms with Crippen LogP contribution in [0.2, 0.25) is 0 Å². The van der Waals surface area contributed by atoms with Crippen LogP contribution in [-0.4, -0.2) is 18.6 Å². The Kier molecular flexibility index (Phi) is 3.87. The van der Waals surface area contributed by atoms with Crippen molar-refractivity contribution >= 4 is 26.6 Å². The monoisotopic (exact) mass is 343 g/mol. The summed E-state index contributed by atoms with van der Waals surface area (Å²) in [5, 5.41) is 7.69. The second kappa shape index (κ2) is 5.63. The summed E-state index contributed by atoms with van der Waals surface area (Å²) in [6.45, 7) is 9.68. The molecule has 3 rings (SSSR count). The maximum atomic E-state index is 13.1. The van der Waals surface area contributed by atoms with Gasteiger partial charge in [-0.25, -0.2) is 8.42 Å². The minimum absolute atomic E-state index is 0.361. The second-order valence-electron chi connectivity index (χ2n) is 6.20. The molecule has 6 heteroatoms. The standard InChI is InChI=1S/C18H21N3O2S/c1-10-11(2)13(4)18(14(5)12(10)3)24(22,23)21-16-8-6-7-15-9-19-20-17(15)16/h6-9,21H,1-5H3,(H,19,20). The Morgan fingerprint density at radius 1 is 0.917 bits per heavy atom. The zero-order valence-electron chi connectivity index (χ0n) is 14.5. The van der Waals surface area contributed by atoms with E-state index in [2.05, 4.69) is 14.9 Å². The van der Waals surface area contributed by atoms with Gasteiger partial charge in [-0.3, -0.25) is 9.82 Å². The Bertz CT molecular complexity index is 1020. The van der Waals surface area contributed by atoms with Crippen LogP contribution in [0.5, 0.6) is 0 Å². The van der Waals surface area contributed by atoms with Gasteiger partial charge in [0, 0.05) is 5.39 Å². The van der Waals surface area contributed by atoms with Crippen LogP contribution in [0.25, 0.3) is 10.9 Å². The number of nitrogens with zero attached hydrogens (tertiary/aromatic N) is 1. The van der Waals surface area contributed by atoms with Crippen LogP contribution >= 0.6 is 0 Å². The number of hydrogen-bond acceptors (Lipinski definition) is 3. The predicted octanol–water partition coefficient (Wildman–Crippen LogP) is 3.91. The van der Waals surface area contributed by atoms with E-state index in [1.165, 1.54) is 0 Å². The number of aromatic amines is 1. The molecule has 5 nitrogen and oxygen atoms in total. The van der Waals surface area contributed by atoms with Crippen LogP contribution in [-0.2, 0) is 10.0 Å². The Morgan fingerprint density at radius 3 is 2.12 bits per heavy atom. The van der Waals surface area contributed by atoms with E-state index in [0.717, 1.165) is 33.2 Å². The number of anilines is 1. The van der Waals surface area contributed by atoms with Crippen LogP contribution in [0.4, 0.5) is 5.69 Å². The van der Waals surface area contributed by atoms with Crippen molar-refractivity contribution in [1.82, 2.24) is 10.2 Å². The molecule has 0 aliphatic carbocycles. The molecule has 2 N–H and O–H groups in total. The average Bonchev–Trinajstić information content (AvgIpc) is 3.00. The summed E-state index contributed by atoms with van der Waals surface area (Å²) in [5.41, 5.74) is 5.92. The molecule has 0 radical (unpaired) electrons. The Morgan fingerprint density at radius 2 is 1.50 bits per heavy atom. The van der Waals surface area contributed by atoms with Gasteiger partial charge in [-0.1, -0.05) is 12.1 Å². The van der Waals surface area contributed by atoms with Gasteiger partial charge < -0.3 is 0 Å². The van der Waals surface area contributed by atoms with E-state index < -0.39 is 10.0 Å². The van der Waals surface area contributed by atoms with E-state index in [9.17, 15) is 8.42 Å². The van der Waals surface area contributed by atoms with Gasteiger partial charge in [0.25, 0.3) is 10.0 Å². The van der Waals surface area contributed by atoms with Gasteiger partial charge in [-0.15, -0.1) is 0 Å². The largest absolute Gasteiger partial charge is 0.277 e. The highest BCUT2D eigenvalue weighted by Crippen LogP contribution is 2.31. The van der Waals surface area contributed by atoms with E-state index in [-0.39, 0.29) is 0 Å². The van der Waals surface area contributed by atoms with Gasteiger partial charge in [0.1, 0.15) is 0 Å². The summed E-state index contributed by atoms with van der Waals surface area (Å²) >= 11 is 0. The minimum atomic E-state index is -3.70. The van der Waals surface area contributed by atoms with E-state index in [0.29, 0.717) is 16.1 Å². The molecule has 0 saturated carbocycles. The van der Waals surface area contributed by atoms with Gasteiger partial charge in [-0.05, 0) is 68.5 Å². The van der Waals surface area contributed by atoms with Crippen LogP contribution in [0.15, 0.2) is 29.3 Å². The molecule has 3 aromatic rings. The lowest BCUT2D eigenvalue weighted by Gasteiger charge is -2.19. The SMILES string of the molecule is Cc1c(C)c(C)c(S(=O)(=O)Nc2cccc3cn[nH]c23)c(C)c1C.